The summed E-state index contributed by atoms with van der Waals surface area (Å²) in [4.78, 5) is 19.7. The predicted octanol–water partition coefficient (Wildman–Crippen LogP) is 5.28. The van der Waals surface area contributed by atoms with Crippen molar-refractivity contribution in [3.05, 3.63) is 57.8 Å². The Kier molecular flexibility index (Phi) is 4.80. The van der Waals surface area contributed by atoms with Crippen LogP contribution in [0.25, 0.3) is 0 Å². The van der Waals surface area contributed by atoms with E-state index in [0.29, 0.717) is 17.5 Å². The molecule has 1 amide bonds. The van der Waals surface area contributed by atoms with Crippen LogP contribution in [0.1, 0.15) is 64.7 Å². The van der Waals surface area contributed by atoms with Crippen molar-refractivity contribution >= 4 is 17.2 Å². The van der Waals surface area contributed by atoms with Crippen molar-refractivity contribution in [2.75, 3.05) is 19.6 Å². The van der Waals surface area contributed by atoms with Crippen LogP contribution in [-0.2, 0) is 0 Å². The Labute approximate surface area is 172 Å². The fourth-order valence-corrected chi connectivity index (χ4v) is 6.75. The van der Waals surface area contributed by atoms with Crippen LogP contribution in [0, 0.1) is 12.3 Å². The van der Waals surface area contributed by atoms with Crippen molar-refractivity contribution in [3.8, 4) is 0 Å². The molecule has 148 valence electrons. The van der Waals surface area contributed by atoms with Crippen molar-refractivity contribution < 1.29 is 4.79 Å². The largest absolute Gasteiger partial charge is 0.338 e. The van der Waals surface area contributed by atoms with E-state index in [4.69, 9.17) is 0 Å². The van der Waals surface area contributed by atoms with Gasteiger partial charge in [0.25, 0.3) is 5.91 Å². The average molecular weight is 395 g/mol. The molecule has 3 heterocycles. The van der Waals surface area contributed by atoms with Crippen molar-refractivity contribution in [1.82, 2.24) is 9.80 Å². The highest BCUT2D eigenvalue weighted by Crippen LogP contribution is 2.59. The van der Waals surface area contributed by atoms with Crippen molar-refractivity contribution in [3.63, 3.8) is 0 Å². The van der Waals surface area contributed by atoms with E-state index in [1.807, 2.05) is 6.07 Å². The third kappa shape index (κ3) is 3.11. The fourth-order valence-electron chi connectivity index (χ4n) is 5.92. The first-order chi connectivity index (χ1) is 13.7. The van der Waals surface area contributed by atoms with Gasteiger partial charge in [0.15, 0.2) is 0 Å². The smallest absolute Gasteiger partial charge is 0.263 e. The number of hydrogen-bond acceptors (Lipinski definition) is 3. The molecule has 3 fully saturated rings. The zero-order valence-corrected chi connectivity index (χ0v) is 17.6. The molecular weight excluding hydrogens is 364 g/mol. The number of benzene rings is 1. The highest BCUT2D eigenvalue weighted by atomic mass is 32.1. The lowest BCUT2D eigenvalue weighted by molar-refractivity contribution is -0.111. The zero-order chi connectivity index (χ0) is 19.1. The number of thiophene rings is 1. The van der Waals surface area contributed by atoms with E-state index in [9.17, 15) is 4.79 Å². The molecule has 3 nitrogen and oxygen atoms in total. The van der Waals surface area contributed by atoms with E-state index >= 15 is 0 Å². The van der Waals surface area contributed by atoms with Crippen molar-refractivity contribution in [2.45, 2.75) is 57.5 Å². The average Bonchev–Trinajstić information content (AvgIpc) is 3.37. The number of rotatable bonds is 3. The number of piperidine rings is 1. The second-order valence-electron chi connectivity index (χ2n) is 8.99. The van der Waals surface area contributed by atoms with Crippen LogP contribution in [0.2, 0.25) is 0 Å². The Balaban J connectivity index is 1.27. The number of nitrogens with zero attached hydrogens (tertiary/aromatic N) is 2. The molecule has 0 bridgehead atoms. The third-order valence-corrected chi connectivity index (χ3v) is 8.28. The van der Waals surface area contributed by atoms with E-state index in [-0.39, 0.29) is 5.91 Å². The predicted molar refractivity (Wildman–Crippen MR) is 115 cm³/mol. The summed E-state index contributed by atoms with van der Waals surface area (Å²) < 4.78 is 0. The zero-order valence-electron chi connectivity index (χ0n) is 16.8. The molecule has 1 unspecified atom stereocenters. The van der Waals surface area contributed by atoms with Gasteiger partial charge in [-0.15, -0.1) is 11.3 Å². The van der Waals surface area contributed by atoms with Crippen LogP contribution in [0.3, 0.4) is 0 Å². The number of hydrogen-bond donors (Lipinski definition) is 0. The van der Waals surface area contributed by atoms with Gasteiger partial charge in [0.1, 0.15) is 0 Å². The molecule has 1 aromatic carbocycles. The standard InChI is InChI=1S/C24H30N2OS/c1-18-9-10-21(28-18)23(27)25-15-11-20(12-16-25)26-17-24(13-5-6-14-24)22(26)19-7-3-2-4-8-19/h2-4,7-10,20,22H,5-6,11-17H2,1H3. The molecule has 0 N–H and O–H groups in total. The maximum absolute atomic E-state index is 12.8. The topological polar surface area (TPSA) is 23.6 Å². The molecule has 28 heavy (non-hydrogen) atoms. The second kappa shape index (κ2) is 7.31. The Bertz CT molecular complexity index is 831. The molecule has 1 aliphatic carbocycles. The Hall–Kier alpha value is -1.65. The van der Waals surface area contributed by atoms with Gasteiger partial charge < -0.3 is 4.90 Å². The molecule has 0 radical (unpaired) electrons. The summed E-state index contributed by atoms with van der Waals surface area (Å²) in [6.07, 6.45) is 7.77. The third-order valence-electron chi connectivity index (χ3n) is 7.30. The van der Waals surface area contributed by atoms with Gasteiger partial charge in [0.2, 0.25) is 0 Å². The first-order valence-electron chi connectivity index (χ1n) is 10.8. The van der Waals surface area contributed by atoms with Gasteiger partial charge in [-0.05, 0) is 50.3 Å². The number of carbonyl (C=O) groups excluding carboxylic acids is 1. The maximum atomic E-state index is 12.8. The SMILES string of the molecule is Cc1ccc(C(=O)N2CCC(N3CC4(CCCC4)C3c3ccccc3)CC2)s1. The first kappa shape index (κ1) is 18.4. The van der Waals surface area contributed by atoms with Crippen LogP contribution < -0.4 is 0 Å². The van der Waals surface area contributed by atoms with Gasteiger partial charge in [-0.2, -0.15) is 0 Å². The van der Waals surface area contributed by atoms with Gasteiger partial charge >= 0.3 is 0 Å². The highest BCUT2D eigenvalue weighted by molar-refractivity contribution is 7.13. The first-order valence-corrected chi connectivity index (χ1v) is 11.6. The van der Waals surface area contributed by atoms with E-state index in [1.54, 1.807) is 11.3 Å². The van der Waals surface area contributed by atoms with Gasteiger partial charge in [-0.3, -0.25) is 9.69 Å². The summed E-state index contributed by atoms with van der Waals surface area (Å²) in [5.41, 5.74) is 2.02. The van der Waals surface area contributed by atoms with Crippen molar-refractivity contribution in [2.24, 2.45) is 5.41 Å². The minimum absolute atomic E-state index is 0.229. The number of carbonyl (C=O) groups is 1. The summed E-state index contributed by atoms with van der Waals surface area (Å²) in [7, 11) is 0. The van der Waals surface area contributed by atoms with E-state index in [0.717, 1.165) is 30.8 Å². The monoisotopic (exact) mass is 394 g/mol. The van der Waals surface area contributed by atoms with Crippen LogP contribution >= 0.6 is 11.3 Å². The summed E-state index contributed by atoms with van der Waals surface area (Å²) in [5, 5.41) is 0. The molecule has 2 saturated heterocycles. The van der Waals surface area contributed by atoms with Crippen LogP contribution in [0.15, 0.2) is 42.5 Å². The second-order valence-corrected chi connectivity index (χ2v) is 10.3. The molecular formula is C24H30N2OS. The normalized spacial score (nSPS) is 25.2. The summed E-state index contributed by atoms with van der Waals surface area (Å²) in [6, 6.07) is 16.4. The fraction of sp³-hybridized carbons (Fsp3) is 0.542. The molecule has 1 saturated carbocycles. The maximum Gasteiger partial charge on any atom is 0.263 e. The molecule has 1 atom stereocenters. The molecule has 2 aliphatic heterocycles. The summed E-state index contributed by atoms with van der Waals surface area (Å²) in [6.45, 7) is 5.12. The van der Waals surface area contributed by atoms with Crippen LogP contribution in [-0.4, -0.2) is 41.4 Å². The quantitative estimate of drug-likeness (QED) is 0.707. The Morgan fingerprint density at radius 1 is 1.04 bits per heavy atom. The van der Waals surface area contributed by atoms with Gasteiger partial charge in [0, 0.05) is 42.0 Å². The Morgan fingerprint density at radius 3 is 2.39 bits per heavy atom. The number of amides is 1. The summed E-state index contributed by atoms with van der Waals surface area (Å²) in [5.74, 6) is 0.229. The Morgan fingerprint density at radius 2 is 1.75 bits per heavy atom. The molecule has 5 rings (SSSR count). The lowest BCUT2D eigenvalue weighted by Gasteiger charge is -2.60. The van der Waals surface area contributed by atoms with Gasteiger partial charge in [-0.25, -0.2) is 0 Å². The molecule has 1 spiro atoms. The van der Waals surface area contributed by atoms with Crippen molar-refractivity contribution in [1.29, 1.82) is 0 Å². The van der Waals surface area contributed by atoms with Gasteiger partial charge in [0.05, 0.1) is 4.88 Å². The highest BCUT2D eigenvalue weighted by Gasteiger charge is 2.55. The lowest BCUT2D eigenvalue weighted by Crippen LogP contribution is -2.62. The molecule has 2 aromatic rings. The van der Waals surface area contributed by atoms with Gasteiger partial charge in [-0.1, -0.05) is 43.2 Å². The minimum Gasteiger partial charge on any atom is -0.338 e. The molecule has 4 heteroatoms. The van der Waals surface area contributed by atoms with Crippen LogP contribution in [0.5, 0.6) is 0 Å². The van der Waals surface area contributed by atoms with E-state index < -0.39 is 0 Å². The molecule has 1 aromatic heterocycles. The summed E-state index contributed by atoms with van der Waals surface area (Å²) >= 11 is 1.62. The number of likely N-dealkylation sites (tertiary alicyclic amines) is 2. The van der Waals surface area contributed by atoms with E-state index in [2.05, 4.69) is 53.1 Å². The van der Waals surface area contributed by atoms with E-state index in [1.165, 1.54) is 42.7 Å². The molecule has 3 aliphatic rings. The minimum atomic E-state index is 0.229. The number of aryl methyl sites for hydroxylation is 1. The van der Waals surface area contributed by atoms with Crippen LogP contribution in [0.4, 0.5) is 0 Å². The lowest BCUT2D eigenvalue weighted by atomic mass is 9.66.